The van der Waals surface area contributed by atoms with E-state index in [0.717, 1.165) is 35.3 Å². The number of hydrogen-bond acceptors (Lipinski definition) is 3. The van der Waals surface area contributed by atoms with Gasteiger partial charge in [0, 0.05) is 11.6 Å². The molecular weight excluding hydrogens is 322 g/mol. The first-order valence-corrected chi connectivity index (χ1v) is 8.68. The first kappa shape index (κ1) is 20.8. The molecule has 0 saturated heterocycles. The third kappa shape index (κ3) is 7.92. The van der Waals surface area contributed by atoms with Crippen LogP contribution in [0.5, 0.6) is 5.75 Å². The standard InChI is InChI=1S/C18H27NO2.CH2O3/c1-13-10-14(2)16(17(11-13)21-3)12-18(20)19-15-8-6-4-5-7-9-15;2-1(3)4/h10-11,15H,4-9,12H2,1-3H3,(H,19,20);(H2,2,3,4). The second-order valence-electron chi connectivity index (χ2n) is 6.48. The van der Waals surface area contributed by atoms with Gasteiger partial charge in [-0.25, -0.2) is 4.79 Å². The summed E-state index contributed by atoms with van der Waals surface area (Å²) in [6.45, 7) is 4.09. The lowest BCUT2D eigenvalue weighted by molar-refractivity contribution is -0.121. The summed E-state index contributed by atoms with van der Waals surface area (Å²) < 4.78 is 5.44. The summed E-state index contributed by atoms with van der Waals surface area (Å²) in [5.41, 5.74) is 3.30. The molecule has 0 unspecified atom stereocenters. The number of aryl methyl sites for hydroxylation is 2. The molecule has 0 aromatic heterocycles. The molecule has 1 aliphatic carbocycles. The van der Waals surface area contributed by atoms with E-state index in [9.17, 15) is 4.79 Å². The lowest BCUT2D eigenvalue weighted by atomic mass is 10.0. The van der Waals surface area contributed by atoms with Crippen molar-refractivity contribution in [1.29, 1.82) is 0 Å². The van der Waals surface area contributed by atoms with Gasteiger partial charge in [-0.2, -0.15) is 0 Å². The van der Waals surface area contributed by atoms with Crippen molar-refractivity contribution in [3.8, 4) is 5.75 Å². The predicted molar refractivity (Wildman–Crippen MR) is 96.5 cm³/mol. The zero-order valence-corrected chi connectivity index (χ0v) is 15.3. The number of carboxylic acid groups (broad SMARTS) is 2. The van der Waals surface area contributed by atoms with Crippen molar-refractivity contribution in [2.75, 3.05) is 7.11 Å². The number of carbonyl (C=O) groups excluding carboxylic acids is 1. The Balaban J connectivity index is 0.000000705. The zero-order valence-electron chi connectivity index (χ0n) is 15.3. The summed E-state index contributed by atoms with van der Waals surface area (Å²) in [6.07, 6.45) is 5.89. The summed E-state index contributed by atoms with van der Waals surface area (Å²) in [5.74, 6) is 0.940. The Morgan fingerprint density at radius 3 is 2.20 bits per heavy atom. The van der Waals surface area contributed by atoms with E-state index in [1.54, 1.807) is 7.11 Å². The zero-order chi connectivity index (χ0) is 18.8. The van der Waals surface area contributed by atoms with Gasteiger partial charge in [0.05, 0.1) is 13.5 Å². The van der Waals surface area contributed by atoms with Crippen LogP contribution in [0.3, 0.4) is 0 Å². The summed E-state index contributed by atoms with van der Waals surface area (Å²) >= 11 is 0. The normalized spacial score (nSPS) is 14.7. The van der Waals surface area contributed by atoms with Gasteiger partial charge < -0.3 is 20.3 Å². The van der Waals surface area contributed by atoms with Gasteiger partial charge in [0.1, 0.15) is 5.75 Å². The lowest BCUT2D eigenvalue weighted by Crippen LogP contribution is -2.35. The molecule has 2 rings (SSSR count). The molecule has 1 aromatic carbocycles. The number of carbonyl (C=O) groups is 2. The van der Waals surface area contributed by atoms with Gasteiger partial charge in [-0.15, -0.1) is 0 Å². The molecule has 0 heterocycles. The summed E-state index contributed by atoms with van der Waals surface area (Å²) in [5, 5.41) is 17.2. The Morgan fingerprint density at radius 2 is 1.68 bits per heavy atom. The van der Waals surface area contributed by atoms with Crippen LogP contribution in [0.1, 0.15) is 55.2 Å². The summed E-state index contributed by atoms with van der Waals surface area (Å²) in [6, 6.07) is 4.47. The van der Waals surface area contributed by atoms with E-state index in [0.29, 0.717) is 12.5 Å². The first-order chi connectivity index (χ1) is 11.8. The number of amides is 1. The Bertz CT molecular complexity index is 573. The van der Waals surface area contributed by atoms with Gasteiger partial charge in [-0.3, -0.25) is 4.79 Å². The van der Waals surface area contributed by atoms with E-state index < -0.39 is 6.16 Å². The van der Waals surface area contributed by atoms with Crippen LogP contribution in [0.25, 0.3) is 0 Å². The number of rotatable bonds is 4. The summed E-state index contributed by atoms with van der Waals surface area (Å²) in [4.78, 5) is 20.9. The molecule has 0 bridgehead atoms. The molecule has 0 atom stereocenters. The lowest BCUT2D eigenvalue weighted by Gasteiger charge is -2.18. The molecule has 6 nitrogen and oxygen atoms in total. The van der Waals surface area contributed by atoms with Crippen LogP contribution < -0.4 is 10.1 Å². The van der Waals surface area contributed by atoms with Crippen LogP contribution in [-0.4, -0.2) is 35.4 Å². The highest BCUT2D eigenvalue weighted by Gasteiger charge is 2.17. The molecule has 1 saturated carbocycles. The molecule has 0 aliphatic heterocycles. The van der Waals surface area contributed by atoms with Gasteiger partial charge in [0.15, 0.2) is 0 Å². The van der Waals surface area contributed by atoms with Crippen LogP contribution in [0.15, 0.2) is 12.1 Å². The number of ether oxygens (including phenoxy) is 1. The van der Waals surface area contributed by atoms with E-state index >= 15 is 0 Å². The van der Waals surface area contributed by atoms with Crippen molar-refractivity contribution in [2.45, 2.75) is 64.8 Å². The maximum absolute atomic E-state index is 12.3. The number of nitrogens with one attached hydrogen (secondary N) is 1. The van der Waals surface area contributed by atoms with E-state index in [1.165, 1.54) is 25.7 Å². The maximum Gasteiger partial charge on any atom is 0.503 e. The second kappa shape index (κ2) is 10.6. The van der Waals surface area contributed by atoms with Gasteiger partial charge in [0.2, 0.25) is 5.91 Å². The number of hydrogen-bond donors (Lipinski definition) is 3. The quantitative estimate of drug-likeness (QED) is 0.715. The van der Waals surface area contributed by atoms with Gasteiger partial charge in [-0.05, 0) is 43.9 Å². The summed E-state index contributed by atoms with van der Waals surface area (Å²) in [7, 11) is 1.67. The fourth-order valence-electron chi connectivity index (χ4n) is 3.23. The Kier molecular flexibility index (Phi) is 8.81. The molecule has 3 N–H and O–H groups in total. The Morgan fingerprint density at radius 1 is 1.12 bits per heavy atom. The molecule has 1 amide bonds. The monoisotopic (exact) mass is 351 g/mol. The molecular formula is C19H29NO5. The van der Waals surface area contributed by atoms with E-state index in [2.05, 4.69) is 11.4 Å². The van der Waals surface area contributed by atoms with Crippen molar-refractivity contribution in [2.24, 2.45) is 0 Å². The average molecular weight is 351 g/mol. The third-order valence-electron chi connectivity index (χ3n) is 4.35. The van der Waals surface area contributed by atoms with Crippen LogP contribution >= 0.6 is 0 Å². The predicted octanol–water partition coefficient (Wildman–Crippen LogP) is 3.92. The van der Waals surface area contributed by atoms with Crippen molar-refractivity contribution in [3.05, 3.63) is 28.8 Å². The van der Waals surface area contributed by atoms with Crippen molar-refractivity contribution in [1.82, 2.24) is 5.32 Å². The fraction of sp³-hybridized carbons (Fsp3) is 0.579. The van der Waals surface area contributed by atoms with Crippen molar-refractivity contribution in [3.63, 3.8) is 0 Å². The molecule has 1 fully saturated rings. The van der Waals surface area contributed by atoms with Crippen molar-refractivity contribution < 1.29 is 24.5 Å². The minimum absolute atomic E-state index is 0.118. The molecule has 6 heteroatoms. The van der Waals surface area contributed by atoms with Gasteiger partial charge in [0.25, 0.3) is 0 Å². The van der Waals surface area contributed by atoms with Gasteiger partial charge in [-0.1, -0.05) is 31.7 Å². The van der Waals surface area contributed by atoms with Crippen molar-refractivity contribution >= 4 is 12.1 Å². The van der Waals surface area contributed by atoms with Crippen LogP contribution in [0, 0.1) is 13.8 Å². The molecule has 1 aliphatic rings. The van der Waals surface area contributed by atoms with E-state index in [-0.39, 0.29) is 5.91 Å². The molecule has 140 valence electrons. The van der Waals surface area contributed by atoms with E-state index in [4.69, 9.17) is 19.7 Å². The molecule has 0 radical (unpaired) electrons. The van der Waals surface area contributed by atoms with Gasteiger partial charge >= 0.3 is 6.16 Å². The minimum Gasteiger partial charge on any atom is -0.496 e. The topological polar surface area (TPSA) is 95.9 Å². The molecule has 1 aromatic rings. The second-order valence-corrected chi connectivity index (χ2v) is 6.48. The minimum atomic E-state index is -1.83. The van der Waals surface area contributed by atoms with Crippen LogP contribution in [0.4, 0.5) is 4.79 Å². The molecule has 25 heavy (non-hydrogen) atoms. The smallest absolute Gasteiger partial charge is 0.496 e. The number of benzene rings is 1. The number of methoxy groups -OCH3 is 1. The maximum atomic E-state index is 12.3. The SMILES string of the molecule is COc1cc(C)cc(C)c1CC(=O)NC1CCCCCC1.O=C(O)O. The highest BCUT2D eigenvalue weighted by molar-refractivity contribution is 5.80. The van der Waals surface area contributed by atoms with E-state index in [1.807, 2.05) is 19.9 Å². The average Bonchev–Trinajstić information content (AvgIpc) is 2.77. The largest absolute Gasteiger partial charge is 0.503 e. The third-order valence-corrected chi connectivity index (χ3v) is 4.35. The van der Waals surface area contributed by atoms with Crippen LogP contribution in [0.2, 0.25) is 0 Å². The molecule has 0 spiro atoms. The Hall–Kier alpha value is -2.24. The highest BCUT2D eigenvalue weighted by atomic mass is 16.6. The Labute approximate surface area is 149 Å². The fourth-order valence-corrected chi connectivity index (χ4v) is 3.23. The van der Waals surface area contributed by atoms with Crippen LogP contribution in [-0.2, 0) is 11.2 Å². The highest BCUT2D eigenvalue weighted by Crippen LogP contribution is 2.25. The first-order valence-electron chi connectivity index (χ1n) is 8.68.